The van der Waals surface area contributed by atoms with Crippen LogP contribution in [0.4, 0.5) is 16.2 Å². The average molecular weight is 337 g/mol. The maximum atomic E-state index is 12.7. The minimum Gasteiger partial charge on any atom is -0.313 e. The van der Waals surface area contributed by atoms with Gasteiger partial charge in [-0.25, -0.2) is 4.79 Å². The zero-order valence-electron chi connectivity index (χ0n) is 14.7. The summed E-state index contributed by atoms with van der Waals surface area (Å²) in [4.78, 5) is 30.4. The van der Waals surface area contributed by atoms with Crippen LogP contribution in [0.2, 0.25) is 0 Å². The molecule has 0 atom stereocenters. The summed E-state index contributed by atoms with van der Waals surface area (Å²) >= 11 is 0. The van der Waals surface area contributed by atoms with Crippen LogP contribution in [0.3, 0.4) is 0 Å². The summed E-state index contributed by atoms with van der Waals surface area (Å²) < 4.78 is 0. The Morgan fingerprint density at radius 3 is 2.36 bits per heavy atom. The van der Waals surface area contributed by atoms with E-state index >= 15 is 0 Å². The molecule has 1 aliphatic heterocycles. The maximum absolute atomic E-state index is 12.7. The highest BCUT2D eigenvalue weighted by Crippen LogP contribution is 2.21. The molecule has 130 valence electrons. The molecule has 3 rings (SSSR count). The molecule has 0 unspecified atom stereocenters. The van der Waals surface area contributed by atoms with Gasteiger partial charge >= 0.3 is 6.03 Å². The molecule has 25 heavy (non-hydrogen) atoms. The molecule has 1 aliphatic rings. The molecule has 0 N–H and O–H groups in total. The van der Waals surface area contributed by atoms with Crippen molar-refractivity contribution in [2.45, 2.75) is 13.8 Å². The second kappa shape index (κ2) is 7.38. The Hall–Kier alpha value is -2.82. The fourth-order valence-corrected chi connectivity index (χ4v) is 3.05. The molecule has 2 aromatic carbocycles. The SMILES string of the molecule is CCN(C(=O)CN1CCN(c2ccc(C)cc2)C1=O)c1ccccc1. The Kier molecular flexibility index (Phi) is 5.03. The fraction of sp³-hybridized carbons (Fsp3) is 0.300. The lowest BCUT2D eigenvalue weighted by Gasteiger charge is -2.24. The number of aryl methyl sites for hydroxylation is 1. The van der Waals surface area contributed by atoms with Gasteiger partial charge in [-0.2, -0.15) is 0 Å². The van der Waals surface area contributed by atoms with Crippen molar-refractivity contribution in [2.75, 3.05) is 36.0 Å². The van der Waals surface area contributed by atoms with Crippen molar-refractivity contribution in [3.63, 3.8) is 0 Å². The number of carbonyl (C=O) groups excluding carboxylic acids is 2. The molecule has 1 fully saturated rings. The summed E-state index contributed by atoms with van der Waals surface area (Å²) in [5.41, 5.74) is 2.89. The molecule has 0 aromatic heterocycles. The maximum Gasteiger partial charge on any atom is 0.325 e. The summed E-state index contributed by atoms with van der Waals surface area (Å²) in [6.07, 6.45) is 0. The number of hydrogen-bond acceptors (Lipinski definition) is 2. The van der Waals surface area contributed by atoms with Crippen molar-refractivity contribution in [2.24, 2.45) is 0 Å². The summed E-state index contributed by atoms with van der Waals surface area (Å²) in [5.74, 6) is -0.0622. The Morgan fingerprint density at radius 1 is 1.04 bits per heavy atom. The van der Waals surface area contributed by atoms with Crippen molar-refractivity contribution in [1.82, 2.24) is 4.90 Å². The highest BCUT2D eigenvalue weighted by molar-refractivity contribution is 6.00. The number of benzene rings is 2. The molecule has 3 amide bonds. The second-order valence-electron chi connectivity index (χ2n) is 6.16. The topological polar surface area (TPSA) is 43.9 Å². The lowest BCUT2D eigenvalue weighted by molar-refractivity contribution is -0.119. The van der Waals surface area contributed by atoms with Gasteiger partial charge in [-0.15, -0.1) is 0 Å². The van der Waals surface area contributed by atoms with Gasteiger partial charge in [-0.05, 0) is 38.1 Å². The normalized spacial score (nSPS) is 14.1. The van der Waals surface area contributed by atoms with Crippen LogP contribution in [0.15, 0.2) is 54.6 Å². The lowest BCUT2D eigenvalue weighted by Crippen LogP contribution is -2.42. The second-order valence-corrected chi connectivity index (χ2v) is 6.16. The highest BCUT2D eigenvalue weighted by atomic mass is 16.2. The van der Waals surface area contributed by atoms with Crippen LogP contribution in [0.25, 0.3) is 0 Å². The minimum atomic E-state index is -0.110. The van der Waals surface area contributed by atoms with E-state index in [0.29, 0.717) is 19.6 Å². The molecule has 5 nitrogen and oxygen atoms in total. The van der Waals surface area contributed by atoms with E-state index in [1.807, 2.05) is 68.4 Å². The summed E-state index contributed by atoms with van der Waals surface area (Å²) in [7, 11) is 0. The quantitative estimate of drug-likeness (QED) is 0.840. The number of hydrogen-bond donors (Lipinski definition) is 0. The standard InChI is InChI=1S/C20H23N3O2/c1-3-22(17-7-5-4-6-8-17)19(24)15-21-13-14-23(20(21)25)18-11-9-16(2)10-12-18/h4-12H,3,13-15H2,1-2H3. The van der Waals surface area contributed by atoms with Crippen LogP contribution in [0.1, 0.15) is 12.5 Å². The molecule has 2 aromatic rings. The van der Waals surface area contributed by atoms with E-state index in [9.17, 15) is 9.59 Å². The van der Waals surface area contributed by atoms with Crippen LogP contribution >= 0.6 is 0 Å². The zero-order chi connectivity index (χ0) is 17.8. The van der Waals surface area contributed by atoms with E-state index in [4.69, 9.17) is 0 Å². The first kappa shape index (κ1) is 17.0. The third-order valence-electron chi connectivity index (χ3n) is 4.45. The first-order valence-corrected chi connectivity index (χ1v) is 8.58. The smallest absolute Gasteiger partial charge is 0.313 e. The summed E-state index contributed by atoms with van der Waals surface area (Å²) in [6.45, 7) is 5.80. The monoisotopic (exact) mass is 337 g/mol. The van der Waals surface area contributed by atoms with E-state index < -0.39 is 0 Å². The van der Waals surface area contributed by atoms with E-state index in [1.165, 1.54) is 0 Å². The van der Waals surface area contributed by atoms with Gasteiger partial charge < -0.3 is 9.80 Å². The lowest BCUT2D eigenvalue weighted by atomic mass is 10.2. The van der Waals surface area contributed by atoms with E-state index in [0.717, 1.165) is 16.9 Å². The van der Waals surface area contributed by atoms with Crippen LogP contribution < -0.4 is 9.80 Å². The van der Waals surface area contributed by atoms with Crippen molar-refractivity contribution < 1.29 is 9.59 Å². The van der Waals surface area contributed by atoms with E-state index in [-0.39, 0.29) is 18.5 Å². The van der Waals surface area contributed by atoms with Crippen LogP contribution in [-0.2, 0) is 4.79 Å². The molecule has 1 saturated heterocycles. The van der Waals surface area contributed by atoms with Gasteiger partial charge in [0.1, 0.15) is 6.54 Å². The predicted octanol–water partition coefficient (Wildman–Crippen LogP) is 3.29. The zero-order valence-corrected chi connectivity index (χ0v) is 14.7. The average Bonchev–Trinajstić information content (AvgIpc) is 2.98. The third kappa shape index (κ3) is 3.65. The van der Waals surface area contributed by atoms with Gasteiger partial charge in [0.05, 0.1) is 0 Å². The fourth-order valence-electron chi connectivity index (χ4n) is 3.05. The van der Waals surface area contributed by atoms with Gasteiger partial charge in [0.25, 0.3) is 0 Å². The largest absolute Gasteiger partial charge is 0.325 e. The Balaban J connectivity index is 1.68. The first-order valence-electron chi connectivity index (χ1n) is 8.58. The molecule has 0 aliphatic carbocycles. The van der Waals surface area contributed by atoms with Crippen LogP contribution in [-0.4, -0.2) is 43.0 Å². The number of para-hydroxylation sites is 1. The van der Waals surface area contributed by atoms with Crippen LogP contribution in [0.5, 0.6) is 0 Å². The number of likely N-dealkylation sites (N-methyl/N-ethyl adjacent to an activating group) is 1. The molecule has 0 bridgehead atoms. The van der Waals surface area contributed by atoms with Gasteiger partial charge in [-0.3, -0.25) is 9.69 Å². The number of amides is 3. The summed E-state index contributed by atoms with van der Waals surface area (Å²) in [6, 6.07) is 17.3. The van der Waals surface area contributed by atoms with Crippen LogP contribution in [0, 0.1) is 6.92 Å². The van der Waals surface area contributed by atoms with Gasteiger partial charge in [-0.1, -0.05) is 35.9 Å². The first-order chi connectivity index (χ1) is 12.1. The van der Waals surface area contributed by atoms with Crippen molar-refractivity contribution in [3.05, 3.63) is 60.2 Å². The van der Waals surface area contributed by atoms with E-state index in [1.54, 1.807) is 14.7 Å². The van der Waals surface area contributed by atoms with Gasteiger partial charge in [0.15, 0.2) is 0 Å². The number of anilines is 2. The number of rotatable bonds is 5. The van der Waals surface area contributed by atoms with Gasteiger partial charge in [0.2, 0.25) is 5.91 Å². The molecule has 0 spiro atoms. The summed E-state index contributed by atoms with van der Waals surface area (Å²) in [5, 5.41) is 0. The number of carbonyl (C=O) groups is 2. The van der Waals surface area contributed by atoms with Crippen molar-refractivity contribution in [3.8, 4) is 0 Å². The molecule has 0 saturated carbocycles. The Bertz CT molecular complexity index is 743. The van der Waals surface area contributed by atoms with E-state index in [2.05, 4.69) is 0 Å². The van der Waals surface area contributed by atoms with Crippen molar-refractivity contribution in [1.29, 1.82) is 0 Å². The molecular weight excluding hydrogens is 314 g/mol. The number of nitrogens with zero attached hydrogens (tertiary/aromatic N) is 3. The third-order valence-corrected chi connectivity index (χ3v) is 4.45. The number of urea groups is 1. The highest BCUT2D eigenvalue weighted by Gasteiger charge is 2.31. The predicted molar refractivity (Wildman–Crippen MR) is 100.0 cm³/mol. The molecule has 1 heterocycles. The Labute approximate surface area is 148 Å². The Morgan fingerprint density at radius 2 is 1.72 bits per heavy atom. The molecular formula is C20H23N3O2. The van der Waals surface area contributed by atoms with Crippen molar-refractivity contribution >= 4 is 23.3 Å². The van der Waals surface area contributed by atoms with Gasteiger partial charge in [0, 0.05) is 31.0 Å². The minimum absolute atomic E-state index is 0.0622. The molecule has 5 heteroatoms. The molecule has 0 radical (unpaired) electrons.